The van der Waals surface area contributed by atoms with Gasteiger partial charge in [0.2, 0.25) is 5.95 Å². The first-order valence-electron chi connectivity index (χ1n) is 4.44. The van der Waals surface area contributed by atoms with Crippen molar-refractivity contribution in [3.63, 3.8) is 0 Å². The van der Waals surface area contributed by atoms with Crippen LogP contribution in [0.25, 0.3) is 0 Å². The number of hydrogen-bond acceptors (Lipinski definition) is 6. The van der Waals surface area contributed by atoms with Gasteiger partial charge in [0.25, 0.3) is 0 Å². The number of carboxylic acid groups (broad SMARTS) is 1. The van der Waals surface area contributed by atoms with Gasteiger partial charge in [-0.1, -0.05) is 6.92 Å². The molecule has 0 aliphatic carbocycles. The monoisotopic (exact) mass is 226 g/mol. The van der Waals surface area contributed by atoms with Crippen LogP contribution < -0.4 is 5.32 Å². The Morgan fingerprint density at radius 3 is 2.62 bits per heavy atom. The molecular formula is C8H10N4O4. The lowest BCUT2D eigenvalue weighted by Gasteiger charge is -2.07. The van der Waals surface area contributed by atoms with Crippen LogP contribution in [0.4, 0.5) is 11.6 Å². The van der Waals surface area contributed by atoms with E-state index in [1.54, 1.807) is 0 Å². The molecule has 2 N–H and O–H groups in total. The second kappa shape index (κ2) is 5.01. The largest absolute Gasteiger partial charge is 0.481 e. The maximum absolute atomic E-state index is 10.5. The summed E-state index contributed by atoms with van der Waals surface area (Å²) >= 11 is 0. The van der Waals surface area contributed by atoms with Gasteiger partial charge in [-0.25, -0.2) is 9.97 Å². The minimum Gasteiger partial charge on any atom is -0.481 e. The van der Waals surface area contributed by atoms with Crippen molar-refractivity contribution in [2.45, 2.75) is 6.92 Å². The van der Waals surface area contributed by atoms with Crippen LogP contribution in [0.3, 0.4) is 0 Å². The summed E-state index contributed by atoms with van der Waals surface area (Å²) in [4.78, 5) is 27.5. The second-order valence-electron chi connectivity index (χ2n) is 3.14. The summed E-state index contributed by atoms with van der Waals surface area (Å²) in [5.41, 5.74) is -0.211. The zero-order chi connectivity index (χ0) is 12.1. The number of aliphatic carboxylic acids is 1. The van der Waals surface area contributed by atoms with Crippen molar-refractivity contribution in [2.75, 3.05) is 11.9 Å². The van der Waals surface area contributed by atoms with E-state index in [1.165, 1.54) is 6.92 Å². The molecule has 1 aromatic heterocycles. The Bertz CT molecular complexity index is 392. The molecule has 0 fully saturated rings. The fraction of sp³-hybridized carbons (Fsp3) is 0.375. The molecule has 1 unspecified atom stereocenters. The average Bonchev–Trinajstić information content (AvgIpc) is 2.26. The van der Waals surface area contributed by atoms with Gasteiger partial charge in [-0.15, -0.1) is 0 Å². The number of hydrogen-bond donors (Lipinski definition) is 2. The highest BCUT2D eigenvalue weighted by molar-refractivity contribution is 5.70. The molecule has 8 nitrogen and oxygen atoms in total. The first kappa shape index (κ1) is 11.8. The molecule has 1 rings (SSSR count). The Kier molecular flexibility index (Phi) is 3.70. The van der Waals surface area contributed by atoms with Crippen molar-refractivity contribution in [3.05, 3.63) is 22.5 Å². The third kappa shape index (κ3) is 3.15. The molecule has 0 radical (unpaired) electrons. The molecule has 0 amide bonds. The zero-order valence-corrected chi connectivity index (χ0v) is 8.45. The van der Waals surface area contributed by atoms with Crippen LogP contribution >= 0.6 is 0 Å². The van der Waals surface area contributed by atoms with Crippen molar-refractivity contribution < 1.29 is 14.8 Å². The molecule has 0 aliphatic heterocycles. The summed E-state index contributed by atoms with van der Waals surface area (Å²) < 4.78 is 0. The molecule has 0 aromatic carbocycles. The number of aromatic nitrogens is 2. The van der Waals surface area contributed by atoms with E-state index < -0.39 is 16.8 Å². The summed E-state index contributed by atoms with van der Waals surface area (Å²) in [5.74, 6) is -1.35. The normalized spacial score (nSPS) is 11.8. The lowest BCUT2D eigenvalue weighted by Crippen LogP contribution is -2.20. The number of nitrogens with zero attached hydrogens (tertiary/aromatic N) is 3. The molecular weight excluding hydrogens is 216 g/mol. The SMILES string of the molecule is CC(CNc1ncc([N+](=O)[O-])cn1)C(=O)O. The molecule has 0 saturated carbocycles. The molecule has 0 spiro atoms. The highest BCUT2D eigenvalue weighted by atomic mass is 16.6. The summed E-state index contributed by atoms with van der Waals surface area (Å²) in [6.07, 6.45) is 2.11. The quantitative estimate of drug-likeness (QED) is 0.554. The van der Waals surface area contributed by atoms with E-state index >= 15 is 0 Å². The fourth-order valence-corrected chi connectivity index (χ4v) is 0.838. The number of rotatable bonds is 5. The molecule has 0 saturated heterocycles. The van der Waals surface area contributed by atoms with Crippen molar-refractivity contribution in [2.24, 2.45) is 5.92 Å². The van der Waals surface area contributed by atoms with Crippen molar-refractivity contribution in [1.29, 1.82) is 0 Å². The van der Waals surface area contributed by atoms with Gasteiger partial charge in [-0.2, -0.15) is 0 Å². The molecule has 0 bridgehead atoms. The Balaban J connectivity index is 2.56. The summed E-state index contributed by atoms with van der Waals surface area (Å²) in [5, 5.41) is 21.6. The number of carboxylic acids is 1. The van der Waals surface area contributed by atoms with Crippen molar-refractivity contribution in [1.82, 2.24) is 9.97 Å². The number of nitro groups is 1. The van der Waals surface area contributed by atoms with E-state index in [4.69, 9.17) is 5.11 Å². The van der Waals surface area contributed by atoms with Crippen LogP contribution in [0.15, 0.2) is 12.4 Å². The zero-order valence-electron chi connectivity index (χ0n) is 8.45. The lowest BCUT2D eigenvalue weighted by molar-refractivity contribution is -0.385. The van der Waals surface area contributed by atoms with Gasteiger partial charge in [-0.05, 0) is 0 Å². The summed E-state index contributed by atoms with van der Waals surface area (Å²) in [6.45, 7) is 1.69. The van der Waals surface area contributed by atoms with Crippen molar-refractivity contribution in [3.8, 4) is 0 Å². The van der Waals surface area contributed by atoms with Crippen LogP contribution in [-0.2, 0) is 4.79 Å². The molecule has 0 aliphatic rings. The predicted molar refractivity (Wildman–Crippen MR) is 54.0 cm³/mol. The third-order valence-electron chi connectivity index (χ3n) is 1.84. The third-order valence-corrected chi connectivity index (χ3v) is 1.84. The Hall–Kier alpha value is -2.25. The van der Waals surface area contributed by atoms with Crippen LogP contribution in [0.1, 0.15) is 6.92 Å². The van der Waals surface area contributed by atoms with Crippen LogP contribution in [0.5, 0.6) is 0 Å². The molecule has 1 atom stereocenters. The topological polar surface area (TPSA) is 118 Å². The average molecular weight is 226 g/mol. The molecule has 86 valence electrons. The fourth-order valence-electron chi connectivity index (χ4n) is 0.838. The number of anilines is 1. The number of nitrogens with one attached hydrogen (secondary N) is 1. The maximum atomic E-state index is 10.5. The molecule has 16 heavy (non-hydrogen) atoms. The minimum atomic E-state index is -0.936. The second-order valence-corrected chi connectivity index (χ2v) is 3.14. The van der Waals surface area contributed by atoms with Crippen LogP contribution in [0, 0.1) is 16.0 Å². The van der Waals surface area contributed by atoms with Crippen LogP contribution in [-0.4, -0.2) is 32.5 Å². The summed E-state index contributed by atoms with van der Waals surface area (Å²) in [7, 11) is 0. The predicted octanol–water partition coefficient (Wildman–Crippen LogP) is 0.517. The molecule has 1 aromatic rings. The van der Waals surface area contributed by atoms with Gasteiger partial charge >= 0.3 is 11.7 Å². The smallest absolute Gasteiger partial charge is 0.308 e. The van der Waals surface area contributed by atoms with Gasteiger partial charge in [0.05, 0.1) is 10.8 Å². The Morgan fingerprint density at radius 2 is 2.19 bits per heavy atom. The van der Waals surface area contributed by atoms with E-state index in [1.807, 2.05) is 0 Å². The van der Waals surface area contributed by atoms with E-state index in [-0.39, 0.29) is 18.2 Å². The number of carbonyl (C=O) groups is 1. The van der Waals surface area contributed by atoms with Gasteiger partial charge in [0.1, 0.15) is 12.4 Å². The van der Waals surface area contributed by atoms with Gasteiger partial charge in [-0.3, -0.25) is 14.9 Å². The van der Waals surface area contributed by atoms with E-state index in [2.05, 4.69) is 15.3 Å². The standard InChI is InChI=1S/C8H10N4O4/c1-5(7(13)14)2-9-8-10-3-6(4-11-8)12(15)16/h3-5H,2H2,1H3,(H,13,14)(H,9,10,11). The first-order valence-corrected chi connectivity index (χ1v) is 4.44. The van der Waals surface area contributed by atoms with E-state index in [0.29, 0.717) is 0 Å². The highest BCUT2D eigenvalue weighted by Gasteiger charge is 2.11. The van der Waals surface area contributed by atoms with Crippen molar-refractivity contribution >= 4 is 17.6 Å². The van der Waals surface area contributed by atoms with Crippen LogP contribution in [0.2, 0.25) is 0 Å². The van der Waals surface area contributed by atoms with E-state index in [9.17, 15) is 14.9 Å². The molecule has 8 heteroatoms. The van der Waals surface area contributed by atoms with Gasteiger partial charge < -0.3 is 10.4 Å². The van der Waals surface area contributed by atoms with Gasteiger partial charge in [0.15, 0.2) is 0 Å². The first-order chi connectivity index (χ1) is 7.50. The Morgan fingerprint density at radius 1 is 1.62 bits per heavy atom. The lowest BCUT2D eigenvalue weighted by atomic mass is 10.2. The summed E-state index contributed by atoms with van der Waals surface area (Å²) in [6, 6.07) is 0. The van der Waals surface area contributed by atoms with Gasteiger partial charge in [0, 0.05) is 6.54 Å². The highest BCUT2D eigenvalue weighted by Crippen LogP contribution is 2.08. The molecule has 1 heterocycles. The van der Waals surface area contributed by atoms with E-state index in [0.717, 1.165) is 12.4 Å². The Labute approximate surface area is 90.5 Å². The maximum Gasteiger partial charge on any atom is 0.308 e. The minimum absolute atomic E-state index is 0.160.